The van der Waals surface area contributed by atoms with Crippen LogP contribution in [0.25, 0.3) is 0 Å². The summed E-state index contributed by atoms with van der Waals surface area (Å²) < 4.78 is 6.92. The molecule has 0 unspecified atom stereocenters. The van der Waals surface area contributed by atoms with Crippen molar-refractivity contribution in [2.24, 2.45) is 0 Å². The van der Waals surface area contributed by atoms with Gasteiger partial charge in [-0.15, -0.1) is 10.2 Å². The van der Waals surface area contributed by atoms with Crippen LogP contribution in [0.2, 0.25) is 0 Å². The SMILES string of the molecule is CSc1nnc(SCC(=O)c2ccc3c(c2)NC(=O)CO3)s1. The molecule has 2 heterocycles. The second kappa shape index (κ2) is 6.67. The Hall–Kier alpha value is -1.58. The van der Waals surface area contributed by atoms with E-state index in [9.17, 15) is 9.59 Å². The summed E-state index contributed by atoms with van der Waals surface area (Å²) >= 11 is 4.36. The second-order valence-electron chi connectivity index (χ2n) is 4.30. The summed E-state index contributed by atoms with van der Waals surface area (Å²) in [6, 6.07) is 5.04. The van der Waals surface area contributed by atoms with Gasteiger partial charge in [0.25, 0.3) is 5.91 Å². The van der Waals surface area contributed by atoms with Crippen molar-refractivity contribution in [3.05, 3.63) is 23.8 Å². The van der Waals surface area contributed by atoms with Gasteiger partial charge in [0.15, 0.2) is 21.1 Å². The van der Waals surface area contributed by atoms with Gasteiger partial charge in [-0.2, -0.15) is 0 Å². The van der Waals surface area contributed by atoms with Gasteiger partial charge in [0.2, 0.25) is 0 Å². The fourth-order valence-electron chi connectivity index (χ4n) is 1.81. The number of rotatable bonds is 5. The second-order valence-corrected chi connectivity index (χ2v) is 7.55. The van der Waals surface area contributed by atoms with Crippen LogP contribution >= 0.6 is 34.9 Å². The Balaban J connectivity index is 1.67. The number of hydrogen-bond acceptors (Lipinski definition) is 8. The molecule has 0 fully saturated rings. The lowest BCUT2D eigenvalue weighted by Gasteiger charge is -2.18. The molecular weight excluding hydrogens is 342 g/mol. The van der Waals surface area contributed by atoms with E-state index in [-0.39, 0.29) is 24.1 Å². The first-order chi connectivity index (χ1) is 10.7. The van der Waals surface area contributed by atoms with Gasteiger partial charge >= 0.3 is 0 Å². The van der Waals surface area contributed by atoms with E-state index < -0.39 is 0 Å². The minimum atomic E-state index is -0.218. The first-order valence-electron chi connectivity index (χ1n) is 6.26. The highest BCUT2D eigenvalue weighted by atomic mass is 32.2. The molecule has 3 rings (SSSR count). The summed E-state index contributed by atoms with van der Waals surface area (Å²) in [6.07, 6.45) is 1.93. The zero-order chi connectivity index (χ0) is 15.5. The Bertz CT molecular complexity index is 732. The molecule has 0 spiro atoms. The summed E-state index contributed by atoms with van der Waals surface area (Å²) in [6.45, 7) is 0.00493. The molecule has 0 aliphatic carbocycles. The van der Waals surface area contributed by atoms with Crippen molar-refractivity contribution in [3.8, 4) is 5.75 Å². The van der Waals surface area contributed by atoms with Crippen LogP contribution in [0, 0.1) is 0 Å². The number of nitrogens with one attached hydrogen (secondary N) is 1. The fraction of sp³-hybridized carbons (Fsp3) is 0.231. The van der Waals surface area contributed by atoms with E-state index in [1.54, 1.807) is 18.2 Å². The third-order valence-electron chi connectivity index (χ3n) is 2.82. The van der Waals surface area contributed by atoms with Gasteiger partial charge in [-0.05, 0) is 24.5 Å². The number of nitrogens with zero attached hydrogens (tertiary/aromatic N) is 2. The molecule has 1 aliphatic heterocycles. The van der Waals surface area contributed by atoms with E-state index in [1.807, 2.05) is 6.26 Å². The number of hydrogen-bond donors (Lipinski definition) is 1. The number of ketones is 1. The van der Waals surface area contributed by atoms with Gasteiger partial charge in [-0.1, -0.05) is 34.9 Å². The molecule has 0 radical (unpaired) electrons. The van der Waals surface area contributed by atoms with E-state index in [0.29, 0.717) is 17.0 Å². The van der Waals surface area contributed by atoms with Gasteiger partial charge in [0, 0.05) is 5.56 Å². The Labute approximate surface area is 139 Å². The van der Waals surface area contributed by atoms with Crippen molar-refractivity contribution in [1.29, 1.82) is 0 Å². The number of fused-ring (bicyclic) bond motifs is 1. The van der Waals surface area contributed by atoms with Gasteiger partial charge in [-0.25, -0.2) is 0 Å². The molecular formula is C13H11N3O3S3. The average molecular weight is 353 g/mol. The molecule has 6 nitrogen and oxygen atoms in total. The lowest BCUT2D eigenvalue weighted by atomic mass is 10.1. The van der Waals surface area contributed by atoms with E-state index in [1.165, 1.54) is 34.9 Å². The fourth-order valence-corrected chi connectivity index (χ4v) is 4.14. The maximum atomic E-state index is 12.2. The summed E-state index contributed by atoms with van der Waals surface area (Å²) in [7, 11) is 0. The molecule has 0 saturated carbocycles. The molecule has 2 aromatic rings. The third kappa shape index (κ3) is 3.42. The van der Waals surface area contributed by atoms with Crippen LogP contribution in [0.3, 0.4) is 0 Å². The smallest absolute Gasteiger partial charge is 0.262 e. The molecule has 1 aliphatic rings. The predicted molar refractivity (Wildman–Crippen MR) is 87.3 cm³/mol. The quantitative estimate of drug-likeness (QED) is 0.653. The number of amides is 1. The topological polar surface area (TPSA) is 81.2 Å². The normalized spacial score (nSPS) is 13.2. The molecule has 9 heteroatoms. The number of ether oxygens (including phenoxy) is 1. The van der Waals surface area contributed by atoms with Crippen molar-refractivity contribution in [1.82, 2.24) is 10.2 Å². The van der Waals surface area contributed by atoms with Crippen LogP contribution in [0.4, 0.5) is 5.69 Å². The lowest BCUT2D eigenvalue weighted by molar-refractivity contribution is -0.118. The van der Waals surface area contributed by atoms with Crippen LogP contribution in [-0.2, 0) is 4.79 Å². The number of anilines is 1. The zero-order valence-corrected chi connectivity index (χ0v) is 13.9. The summed E-state index contributed by atoms with van der Waals surface area (Å²) in [5.74, 6) is 0.604. The Morgan fingerprint density at radius 1 is 1.41 bits per heavy atom. The number of thioether (sulfide) groups is 2. The van der Waals surface area contributed by atoms with Crippen molar-refractivity contribution in [2.45, 2.75) is 8.68 Å². The van der Waals surface area contributed by atoms with Gasteiger partial charge in [0.05, 0.1) is 11.4 Å². The maximum absolute atomic E-state index is 12.2. The van der Waals surface area contributed by atoms with Crippen LogP contribution in [-0.4, -0.2) is 40.5 Å². The van der Waals surface area contributed by atoms with Crippen molar-refractivity contribution in [3.63, 3.8) is 0 Å². The Kier molecular flexibility index (Phi) is 4.65. The van der Waals surface area contributed by atoms with Gasteiger partial charge < -0.3 is 10.1 Å². The van der Waals surface area contributed by atoms with Crippen LogP contribution in [0.1, 0.15) is 10.4 Å². The standard InChI is InChI=1S/C13H11N3O3S3/c1-20-12-15-16-13(22-12)21-6-9(17)7-2-3-10-8(4-7)14-11(18)5-19-10/h2-4H,5-6H2,1H3,(H,14,18). The largest absolute Gasteiger partial charge is 0.482 e. The Morgan fingerprint density at radius 2 is 2.23 bits per heavy atom. The van der Waals surface area contributed by atoms with Crippen LogP contribution in [0.5, 0.6) is 5.75 Å². The molecule has 0 saturated heterocycles. The number of aromatic nitrogens is 2. The maximum Gasteiger partial charge on any atom is 0.262 e. The number of carbonyl (C=O) groups is 2. The molecule has 22 heavy (non-hydrogen) atoms. The minimum absolute atomic E-state index is 0.00493. The van der Waals surface area contributed by atoms with Crippen LogP contribution in [0.15, 0.2) is 26.9 Å². The van der Waals surface area contributed by atoms with Gasteiger partial charge in [0.1, 0.15) is 5.75 Å². The number of benzene rings is 1. The average Bonchev–Trinajstić information content (AvgIpc) is 3.00. The highest BCUT2D eigenvalue weighted by Gasteiger charge is 2.18. The molecule has 1 N–H and O–H groups in total. The van der Waals surface area contributed by atoms with E-state index >= 15 is 0 Å². The highest BCUT2D eigenvalue weighted by Crippen LogP contribution is 2.30. The minimum Gasteiger partial charge on any atom is -0.482 e. The molecule has 114 valence electrons. The van der Waals surface area contributed by atoms with E-state index in [0.717, 1.165) is 8.68 Å². The van der Waals surface area contributed by atoms with Crippen molar-refractivity contribution >= 4 is 52.2 Å². The lowest BCUT2D eigenvalue weighted by Crippen LogP contribution is -2.25. The monoisotopic (exact) mass is 353 g/mol. The predicted octanol–water partition coefficient (Wildman–Crippen LogP) is 2.57. The molecule has 1 aromatic carbocycles. The van der Waals surface area contributed by atoms with Gasteiger partial charge in [-0.3, -0.25) is 9.59 Å². The van der Waals surface area contributed by atoms with Crippen molar-refractivity contribution < 1.29 is 14.3 Å². The summed E-state index contributed by atoms with van der Waals surface area (Å²) in [5, 5.41) is 10.7. The summed E-state index contributed by atoms with van der Waals surface area (Å²) in [5.41, 5.74) is 1.07. The van der Waals surface area contributed by atoms with Crippen molar-refractivity contribution in [2.75, 3.05) is 23.9 Å². The highest BCUT2D eigenvalue weighted by molar-refractivity contribution is 8.03. The Morgan fingerprint density at radius 3 is 3.00 bits per heavy atom. The molecule has 0 atom stereocenters. The molecule has 0 bridgehead atoms. The first kappa shape index (κ1) is 15.3. The number of Topliss-reactive ketones (excluding diaryl/α,β-unsaturated/α-hetero) is 1. The molecule has 1 amide bonds. The third-order valence-corrected chi connectivity index (χ3v) is 5.86. The summed E-state index contributed by atoms with van der Waals surface area (Å²) in [4.78, 5) is 23.5. The zero-order valence-electron chi connectivity index (χ0n) is 11.5. The van der Waals surface area contributed by atoms with E-state index in [2.05, 4.69) is 15.5 Å². The van der Waals surface area contributed by atoms with E-state index in [4.69, 9.17) is 4.74 Å². The number of carbonyl (C=O) groups excluding carboxylic acids is 2. The van der Waals surface area contributed by atoms with Crippen LogP contribution < -0.4 is 10.1 Å². The first-order valence-corrected chi connectivity index (χ1v) is 9.28. The molecule has 1 aromatic heterocycles.